The number of amides is 1. The summed E-state index contributed by atoms with van der Waals surface area (Å²) in [6.45, 7) is 4.55. The lowest BCUT2D eigenvalue weighted by molar-refractivity contribution is -0.116. The van der Waals surface area contributed by atoms with Crippen LogP contribution < -0.4 is 5.32 Å². The molecule has 0 unspecified atom stereocenters. The normalized spacial score (nSPS) is 11.9. The number of nitrogens with zero attached hydrogens (tertiary/aromatic N) is 4. The molecule has 0 saturated carbocycles. The number of hydrogen-bond donors (Lipinski definition) is 1. The summed E-state index contributed by atoms with van der Waals surface area (Å²) in [7, 11) is -0.535. The first-order valence-electron chi connectivity index (χ1n) is 9.37. The number of carbonyl (C=O) groups excluding carboxylic acids is 1. The van der Waals surface area contributed by atoms with Gasteiger partial charge in [0.15, 0.2) is 0 Å². The number of rotatable bonds is 7. The van der Waals surface area contributed by atoms with Crippen LogP contribution in [0.3, 0.4) is 0 Å². The van der Waals surface area contributed by atoms with Crippen LogP contribution in [0, 0.1) is 6.92 Å². The molecule has 154 valence electrons. The molecule has 2 heterocycles. The molecule has 1 aromatic carbocycles. The van der Waals surface area contributed by atoms with E-state index in [4.69, 9.17) is 0 Å². The van der Waals surface area contributed by atoms with Crippen molar-refractivity contribution in [3.63, 3.8) is 0 Å². The number of aromatic nitrogens is 3. The maximum absolute atomic E-state index is 12.4. The topological polar surface area (TPSA) is 97.2 Å². The van der Waals surface area contributed by atoms with Gasteiger partial charge in [-0.25, -0.2) is 22.7 Å². The van der Waals surface area contributed by atoms with Gasteiger partial charge in [-0.05, 0) is 43.7 Å². The molecule has 1 N–H and O–H groups in total. The third-order valence-corrected chi connectivity index (χ3v) is 6.55. The Kier molecular flexibility index (Phi) is 5.99. The quantitative estimate of drug-likeness (QED) is 0.640. The van der Waals surface area contributed by atoms with Gasteiger partial charge in [-0.1, -0.05) is 6.07 Å². The average molecular weight is 416 g/mol. The minimum atomic E-state index is -3.53. The van der Waals surface area contributed by atoms with Crippen LogP contribution >= 0.6 is 0 Å². The smallest absolute Gasteiger partial charge is 0.242 e. The maximum Gasteiger partial charge on any atom is 0.242 e. The van der Waals surface area contributed by atoms with Crippen molar-refractivity contribution in [2.24, 2.45) is 0 Å². The van der Waals surface area contributed by atoms with Gasteiger partial charge < -0.3 is 9.88 Å². The van der Waals surface area contributed by atoms with E-state index >= 15 is 0 Å². The second-order valence-electron chi connectivity index (χ2n) is 6.93. The highest BCUT2D eigenvalue weighted by molar-refractivity contribution is 7.89. The van der Waals surface area contributed by atoms with E-state index in [2.05, 4.69) is 15.3 Å². The van der Waals surface area contributed by atoms with Gasteiger partial charge in [-0.2, -0.15) is 0 Å². The lowest BCUT2D eigenvalue weighted by atomic mass is 10.2. The molecule has 0 aliphatic carbocycles. The van der Waals surface area contributed by atoms with Gasteiger partial charge in [0, 0.05) is 39.7 Å². The van der Waals surface area contributed by atoms with Crippen LogP contribution in [0.4, 0.5) is 5.82 Å². The number of nitrogens with one attached hydrogen (secondary N) is 1. The van der Waals surface area contributed by atoms with Crippen molar-refractivity contribution >= 4 is 32.8 Å². The van der Waals surface area contributed by atoms with E-state index in [9.17, 15) is 13.2 Å². The molecule has 29 heavy (non-hydrogen) atoms. The van der Waals surface area contributed by atoms with Crippen molar-refractivity contribution < 1.29 is 13.2 Å². The number of imidazole rings is 1. The van der Waals surface area contributed by atoms with Gasteiger partial charge in [0.1, 0.15) is 11.6 Å². The third kappa shape index (κ3) is 4.30. The first kappa shape index (κ1) is 20.9. The summed E-state index contributed by atoms with van der Waals surface area (Å²) in [5, 5.41) is 2.82. The number of hydrogen-bond acceptors (Lipinski definition) is 5. The number of sulfonamides is 1. The molecule has 3 rings (SSSR count). The summed E-state index contributed by atoms with van der Waals surface area (Å²) in [4.78, 5) is 21.3. The number of carbonyl (C=O) groups is 1. The van der Waals surface area contributed by atoms with Crippen molar-refractivity contribution in [2.45, 2.75) is 38.1 Å². The highest BCUT2D eigenvalue weighted by Gasteiger charge is 2.19. The Morgan fingerprint density at radius 3 is 2.66 bits per heavy atom. The second-order valence-corrected chi connectivity index (χ2v) is 9.08. The minimum Gasteiger partial charge on any atom is -0.328 e. The van der Waals surface area contributed by atoms with Crippen LogP contribution in [-0.2, 0) is 27.8 Å². The summed E-state index contributed by atoms with van der Waals surface area (Å²) in [5.41, 5.74) is 2.35. The van der Waals surface area contributed by atoms with Crippen LogP contribution in [0.25, 0.3) is 11.0 Å². The number of pyridine rings is 1. The van der Waals surface area contributed by atoms with Gasteiger partial charge in [0.2, 0.25) is 15.9 Å². The Balaban J connectivity index is 1.82. The van der Waals surface area contributed by atoms with Crippen molar-refractivity contribution in [3.05, 3.63) is 47.9 Å². The van der Waals surface area contributed by atoms with Crippen molar-refractivity contribution in [2.75, 3.05) is 19.4 Å². The maximum atomic E-state index is 12.4. The highest BCUT2D eigenvalue weighted by Crippen LogP contribution is 2.23. The summed E-state index contributed by atoms with van der Waals surface area (Å²) in [5.74, 6) is 1.16. The zero-order chi connectivity index (χ0) is 21.2. The molecular formula is C20H25N5O3S. The molecule has 0 aliphatic heterocycles. The number of anilines is 1. The Morgan fingerprint density at radius 2 is 2.00 bits per heavy atom. The summed E-state index contributed by atoms with van der Waals surface area (Å²) < 4.78 is 27.9. The van der Waals surface area contributed by atoms with E-state index in [1.165, 1.54) is 18.4 Å². The molecule has 0 atom stereocenters. The number of aryl methyl sites for hydroxylation is 3. The van der Waals surface area contributed by atoms with E-state index in [1.807, 2.05) is 30.5 Å². The molecule has 9 heteroatoms. The van der Waals surface area contributed by atoms with Crippen LogP contribution in [0.15, 0.2) is 41.4 Å². The lowest BCUT2D eigenvalue weighted by Gasteiger charge is -2.11. The zero-order valence-electron chi connectivity index (χ0n) is 17.0. The molecule has 0 saturated heterocycles. The Labute approximate surface area is 170 Å². The molecular weight excluding hydrogens is 390 g/mol. The van der Waals surface area contributed by atoms with Crippen LogP contribution in [0.1, 0.15) is 24.7 Å². The average Bonchev–Trinajstić information content (AvgIpc) is 3.04. The van der Waals surface area contributed by atoms with Crippen molar-refractivity contribution in [1.29, 1.82) is 0 Å². The summed E-state index contributed by atoms with van der Waals surface area (Å²) in [6.07, 6.45) is 2.33. The molecule has 8 nitrogen and oxygen atoms in total. The number of benzene rings is 1. The van der Waals surface area contributed by atoms with E-state index in [0.29, 0.717) is 24.3 Å². The fourth-order valence-corrected chi connectivity index (χ4v) is 4.03. The SMILES string of the molecule is CCn1c(CCC(=O)Nc2ncccc2C)nc2cc(S(=O)(=O)N(C)C)ccc21. The number of fused-ring (bicyclic) bond motifs is 1. The fourth-order valence-electron chi connectivity index (χ4n) is 3.11. The molecule has 0 bridgehead atoms. The Hall–Kier alpha value is -2.78. The molecule has 0 aliphatic rings. The van der Waals surface area contributed by atoms with E-state index in [1.54, 1.807) is 24.4 Å². The summed E-state index contributed by atoms with van der Waals surface area (Å²) in [6, 6.07) is 8.64. The molecule has 3 aromatic rings. The van der Waals surface area contributed by atoms with Crippen molar-refractivity contribution in [1.82, 2.24) is 18.8 Å². The summed E-state index contributed by atoms with van der Waals surface area (Å²) >= 11 is 0. The van der Waals surface area contributed by atoms with Gasteiger partial charge in [-0.15, -0.1) is 0 Å². The predicted molar refractivity (Wildman–Crippen MR) is 112 cm³/mol. The monoisotopic (exact) mass is 415 g/mol. The molecule has 1 amide bonds. The van der Waals surface area contributed by atoms with Gasteiger partial charge in [0.05, 0.1) is 15.9 Å². The van der Waals surface area contributed by atoms with Gasteiger partial charge >= 0.3 is 0 Å². The largest absolute Gasteiger partial charge is 0.328 e. The first-order valence-corrected chi connectivity index (χ1v) is 10.8. The first-order chi connectivity index (χ1) is 13.7. The Morgan fingerprint density at radius 1 is 1.24 bits per heavy atom. The molecule has 2 aromatic heterocycles. The molecule has 0 fully saturated rings. The van der Waals surface area contributed by atoms with Crippen LogP contribution in [-0.4, -0.2) is 47.3 Å². The zero-order valence-corrected chi connectivity index (χ0v) is 17.8. The van der Waals surface area contributed by atoms with Crippen LogP contribution in [0.2, 0.25) is 0 Å². The fraction of sp³-hybridized carbons (Fsp3) is 0.350. The van der Waals surface area contributed by atoms with E-state index < -0.39 is 10.0 Å². The predicted octanol–water partition coefficient (Wildman–Crippen LogP) is 2.58. The van der Waals surface area contributed by atoms with E-state index in [0.717, 1.165) is 16.9 Å². The van der Waals surface area contributed by atoms with Crippen LogP contribution in [0.5, 0.6) is 0 Å². The van der Waals surface area contributed by atoms with Crippen molar-refractivity contribution in [3.8, 4) is 0 Å². The van der Waals surface area contributed by atoms with Gasteiger partial charge in [-0.3, -0.25) is 4.79 Å². The lowest BCUT2D eigenvalue weighted by Crippen LogP contribution is -2.22. The molecule has 0 radical (unpaired) electrons. The second kappa shape index (κ2) is 8.30. The standard InChI is InChI=1S/C20H25N5O3S/c1-5-25-17-9-8-15(29(27,28)24(3)4)13-16(17)22-18(25)10-11-19(26)23-20-14(2)7-6-12-21-20/h6-9,12-13H,5,10-11H2,1-4H3,(H,21,23,26). The van der Waals surface area contributed by atoms with Gasteiger partial charge in [0.25, 0.3) is 0 Å². The Bertz CT molecular complexity index is 1150. The minimum absolute atomic E-state index is 0.141. The highest BCUT2D eigenvalue weighted by atomic mass is 32.2. The molecule has 0 spiro atoms. The third-order valence-electron chi connectivity index (χ3n) is 4.74. The van der Waals surface area contributed by atoms with E-state index in [-0.39, 0.29) is 17.2 Å².